The van der Waals surface area contributed by atoms with Gasteiger partial charge in [0.25, 0.3) is 5.91 Å². The molecule has 1 unspecified atom stereocenters. The smallest absolute Gasteiger partial charge is 0.261 e. The minimum atomic E-state index is -0.562. The van der Waals surface area contributed by atoms with Gasteiger partial charge in [-0.1, -0.05) is 53.0 Å². The Hall–Kier alpha value is -1.88. The van der Waals surface area contributed by atoms with Crippen LogP contribution in [0.5, 0.6) is 0 Å². The van der Waals surface area contributed by atoms with E-state index in [1.165, 1.54) is 11.2 Å². The minimum Gasteiger partial charge on any atom is -0.271 e. The molecule has 24 heavy (non-hydrogen) atoms. The molecule has 122 valence electrons. The molecule has 0 aromatic heterocycles. The second kappa shape index (κ2) is 6.93. The lowest BCUT2D eigenvalue weighted by Crippen LogP contribution is -2.27. The molecule has 1 heterocycles. The van der Waals surface area contributed by atoms with Crippen LogP contribution < -0.4 is 5.01 Å². The van der Waals surface area contributed by atoms with E-state index in [0.717, 1.165) is 0 Å². The Morgan fingerprint density at radius 1 is 1.12 bits per heavy atom. The van der Waals surface area contributed by atoms with E-state index in [2.05, 4.69) is 10.1 Å². The number of nitrogens with zero attached hydrogens (tertiary/aromatic N) is 3. The fraction of sp³-hybridized carbons (Fsp3) is 0.118. The number of aliphatic imine (C=N–C) groups is 1. The first-order valence-corrected chi connectivity index (χ1v) is 8.23. The third kappa shape index (κ3) is 3.31. The van der Waals surface area contributed by atoms with E-state index in [-0.39, 0.29) is 5.91 Å². The lowest BCUT2D eigenvalue weighted by atomic mass is 10.1. The van der Waals surface area contributed by atoms with Crippen LogP contribution in [0.15, 0.2) is 52.6 Å². The van der Waals surface area contributed by atoms with Gasteiger partial charge in [-0.25, -0.2) is 0 Å². The normalized spacial score (nSPS) is 17.7. The molecule has 0 saturated carbocycles. The summed E-state index contributed by atoms with van der Waals surface area (Å²) in [6.45, 7) is 1.78. The van der Waals surface area contributed by atoms with Crippen molar-refractivity contribution >= 4 is 64.0 Å². The van der Waals surface area contributed by atoms with Gasteiger partial charge >= 0.3 is 0 Å². The quantitative estimate of drug-likeness (QED) is 0.659. The molecular weight excluding hydrogens is 369 g/mol. The maximum Gasteiger partial charge on any atom is 0.261 e. The maximum absolute atomic E-state index is 12.6. The number of benzene rings is 2. The monoisotopic (exact) mass is 379 g/mol. The zero-order valence-corrected chi connectivity index (χ0v) is 14.8. The third-order valence-corrected chi connectivity index (χ3v) is 4.31. The second-order valence-electron chi connectivity index (χ2n) is 5.20. The van der Waals surface area contributed by atoms with Gasteiger partial charge in [0.15, 0.2) is 0 Å². The van der Waals surface area contributed by atoms with Gasteiger partial charge in [0.2, 0.25) is 0 Å². The molecule has 4 nitrogen and oxygen atoms in total. The lowest BCUT2D eigenvalue weighted by molar-refractivity contribution is -0.118. The molecular formula is C17H12Cl3N3O. The van der Waals surface area contributed by atoms with Crippen molar-refractivity contribution in [1.29, 1.82) is 0 Å². The molecule has 0 radical (unpaired) electrons. The van der Waals surface area contributed by atoms with E-state index in [4.69, 9.17) is 34.8 Å². The molecule has 2 aromatic carbocycles. The van der Waals surface area contributed by atoms with Crippen LogP contribution in [-0.2, 0) is 4.79 Å². The highest BCUT2D eigenvalue weighted by Gasteiger charge is 2.33. The maximum atomic E-state index is 12.6. The van der Waals surface area contributed by atoms with Crippen molar-refractivity contribution in [2.75, 3.05) is 5.01 Å². The number of halogens is 3. The highest BCUT2D eigenvalue weighted by molar-refractivity contribution is 6.41. The number of rotatable bonds is 3. The van der Waals surface area contributed by atoms with Crippen molar-refractivity contribution in [2.45, 2.75) is 6.92 Å². The first-order chi connectivity index (χ1) is 11.5. The summed E-state index contributed by atoms with van der Waals surface area (Å²) in [5.41, 5.74) is 1.73. The molecule has 1 atom stereocenters. The summed E-state index contributed by atoms with van der Waals surface area (Å²) in [6, 6.07) is 12.3. The predicted molar refractivity (Wildman–Crippen MR) is 100 cm³/mol. The number of anilines is 1. The van der Waals surface area contributed by atoms with Gasteiger partial charge in [-0.05, 0) is 31.2 Å². The van der Waals surface area contributed by atoms with E-state index >= 15 is 0 Å². The molecule has 2 aromatic rings. The largest absolute Gasteiger partial charge is 0.271 e. The second-order valence-corrected chi connectivity index (χ2v) is 6.45. The van der Waals surface area contributed by atoms with E-state index in [1.807, 2.05) is 30.3 Å². The van der Waals surface area contributed by atoms with Gasteiger partial charge in [-0.3, -0.25) is 9.79 Å². The van der Waals surface area contributed by atoms with Crippen LogP contribution in [0.4, 0.5) is 11.4 Å². The topological polar surface area (TPSA) is 45.0 Å². The van der Waals surface area contributed by atoms with Crippen molar-refractivity contribution in [3.63, 3.8) is 0 Å². The molecule has 0 spiro atoms. The Balaban J connectivity index is 1.87. The van der Waals surface area contributed by atoms with Crippen molar-refractivity contribution in [3.05, 3.63) is 57.5 Å². The predicted octanol–water partition coefficient (Wildman–Crippen LogP) is 5.39. The van der Waals surface area contributed by atoms with Crippen LogP contribution in [0.3, 0.4) is 0 Å². The van der Waals surface area contributed by atoms with Crippen LogP contribution >= 0.6 is 34.8 Å². The summed E-state index contributed by atoms with van der Waals surface area (Å²) in [5, 5.41) is 6.76. The summed E-state index contributed by atoms with van der Waals surface area (Å²) in [7, 11) is 0. The Morgan fingerprint density at radius 3 is 2.38 bits per heavy atom. The summed E-state index contributed by atoms with van der Waals surface area (Å²) < 4.78 is 0. The summed E-state index contributed by atoms with van der Waals surface area (Å²) in [6.07, 6.45) is 1.51. The molecule has 0 fully saturated rings. The van der Waals surface area contributed by atoms with E-state index in [1.54, 1.807) is 19.1 Å². The Morgan fingerprint density at radius 2 is 1.75 bits per heavy atom. The van der Waals surface area contributed by atoms with Crippen LogP contribution in [0.25, 0.3) is 0 Å². The number of carbonyl (C=O) groups excluding carboxylic acids is 1. The zero-order valence-electron chi connectivity index (χ0n) is 12.6. The van der Waals surface area contributed by atoms with Crippen molar-refractivity contribution in [1.82, 2.24) is 0 Å². The SMILES string of the molecule is CC1=NN(c2ccccc2)C(=O)C1C=Nc1c(Cl)cc(Cl)cc1Cl. The van der Waals surface area contributed by atoms with Crippen molar-refractivity contribution in [3.8, 4) is 0 Å². The van der Waals surface area contributed by atoms with Crippen LogP contribution in [-0.4, -0.2) is 17.8 Å². The highest BCUT2D eigenvalue weighted by Crippen LogP contribution is 2.36. The summed E-state index contributed by atoms with van der Waals surface area (Å²) in [4.78, 5) is 16.9. The fourth-order valence-corrected chi connectivity index (χ4v) is 3.23. The Bertz CT molecular complexity index is 826. The fourth-order valence-electron chi connectivity index (χ4n) is 2.31. The van der Waals surface area contributed by atoms with Gasteiger partial charge in [-0.15, -0.1) is 0 Å². The van der Waals surface area contributed by atoms with Gasteiger partial charge in [0.1, 0.15) is 5.92 Å². The zero-order chi connectivity index (χ0) is 17.3. The van der Waals surface area contributed by atoms with E-state index in [9.17, 15) is 4.79 Å². The number of hydrogen-bond donors (Lipinski definition) is 0. The Labute approximate surface area is 154 Å². The average Bonchev–Trinajstić information content (AvgIpc) is 2.82. The first kappa shape index (κ1) is 17.0. The molecule has 1 amide bonds. The standard InChI is InChI=1S/C17H12Cl3N3O/c1-10-13(9-21-16-14(19)7-11(18)8-15(16)20)17(24)23(22-10)12-5-3-2-4-6-12/h2-9,13H,1H3. The number of hydrogen-bond acceptors (Lipinski definition) is 3. The molecule has 1 aliphatic heterocycles. The Kier molecular flexibility index (Phi) is 4.90. The molecule has 0 saturated heterocycles. The molecule has 7 heteroatoms. The number of hydrazone groups is 1. The van der Waals surface area contributed by atoms with Gasteiger partial charge in [0, 0.05) is 11.2 Å². The van der Waals surface area contributed by atoms with Crippen LogP contribution in [0, 0.1) is 5.92 Å². The molecule has 0 bridgehead atoms. The van der Waals surface area contributed by atoms with Gasteiger partial charge in [0.05, 0.1) is 27.1 Å². The minimum absolute atomic E-state index is 0.177. The number of amides is 1. The lowest BCUT2D eigenvalue weighted by Gasteiger charge is -2.12. The average molecular weight is 381 g/mol. The number of carbonyl (C=O) groups is 1. The van der Waals surface area contributed by atoms with Crippen molar-refractivity contribution < 1.29 is 4.79 Å². The summed E-state index contributed by atoms with van der Waals surface area (Å²) in [5.74, 6) is -0.739. The number of para-hydroxylation sites is 1. The first-order valence-electron chi connectivity index (χ1n) is 7.10. The molecule has 1 aliphatic rings. The van der Waals surface area contributed by atoms with Crippen molar-refractivity contribution in [2.24, 2.45) is 16.0 Å². The van der Waals surface area contributed by atoms with E-state index < -0.39 is 5.92 Å². The molecule has 0 N–H and O–H groups in total. The highest BCUT2D eigenvalue weighted by atomic mass is 35.5. The van der Waals surface area contributed by atoms with Gasteiger partial charge < -0.3 is 0 Å². The van der Waals surface area contributed by atoms with Gasteiger partial charge in [-0.2, -0.15) is 10.1 Å². The summed E-state index contributed by atoms with van der Waals surface area (Å²) >= 11 is 18.1. The van der Waals surface area contributed by atoms with Crippen LogP contribution in [0.1, 0.15) is 6.92 Å². The van der Waals surface area contributed by atoms with E-state index in [0.29, 0.717) is 32.2 Å². The third-order valence-electron chi connectivity index (χ3n) is 3.52. The van der Waals surface area contributed by atoms with Crippen LogP contribution in [0.2, 0.25) is 15.1 Å². The molecule has 3 rings (SSSR count). The molecule has 0 aliphatic carbocycles.